The fourth-order valence-corrected chi connectivity index (χ4v) is 6.17. The Morgan fingerprint density at radius 1 is 0.571 bits per heavy atom. The first kappa shape index (κ1) is 20.5. The average Bonchev–Trinajstić information content (AvgIpc) is 2.91. The predicted molar refractivity (Wildman–Crippen MR) is 152 cm³/mol. The van der Waals surface area contributed by atoms with E-state index in [1.54, 1.807) is 0 Å². The Bertz CT molecular complexity index is 1690. The van der Waals surface area contributed by atoms with Crippen LogP contribution in [0.15, 0.2) is 91.0 Å². The number of aryl methyl sites for hydroxylation is 3. The van der Waals surface area contributed by atoms with Crippen LogP contribution in [-0.4, -0.2) is 0 Å². The molecule has 0 heteroatoms. The van der Waals surface area contributed by atoms with Gasteiger partial charge in [-0.1, -0.05) is 109 Å². The van der Waals surface area contributed by atoms with Crippen LogP contribution in [0.5, 0.6) is 0 Å². The van der Waals surface area contributed by atoms with Crippen molar-refractivity contribution in [1.29, 1.82) is 0 Å². The molecular weight excluding hydrogens is 420 g/mol. The average molecular weight is 449 g/mol. The molecule has 0 amide bonds. The van der Waals surface area contributed by atoms with E-state index in [9.17, 15) is 0 Å². The van der Waals surface area contributed by atoms with E-state index in [1.807, 2.05) is 0 Å². The van der Waals surface area contributed by atoms with Crippen LogP contribution in [0.1, 0.15) is 46.2 Å². The number of fused-ring (bicyclic) bond motifs is 4. The number of benzene rings is 5. The highest BCUT2D eigenvalue weighted by Gasteiger charge is 2.20. The van der Waals surface area contributed by atoms with Crippen molar-refractivity contribution in [2.45, 2.75) is 32.6 Å². The van der Waals surface area contributed by atoms with Crippen molar-refractivity contribution in [1.82, 2.24) is 0 Å². The minimum absolute atomic E-state index is 1.08. The number of hydrogen-bond donors (Lipinski definition) is 0. The zero-order valence-electron chi connectivity index (χ0n) is 20.1. The lowest BCUT2D eigenvalue weighted by molar-refractivity contribution is 0.986. The van der Waals surface area contributed by atoms with Gasteiger partial charge < -0.3 is 0 Å². The van der Waals surface area contributed by atoms with Crippen LogP contribution < -0.4 is 0 Å². The molecule has 0 nitrogen and oxygen atoms in total. The summed E-state index contributed by atoms with van der Waals surface area (Å²) in [5, 5.41) is 5.45. The first-order valence-corrected chi connectivity index (χ1v) is 12.8. The maximum Gasteiger partial charge on any atom is -0.00262 e. The standard InChI is InChI=1S/C35H28/c1-23-14-19-32-33(20-23)35(29-18-16-25-9-3-5-11-27(25)22-29)31-13-7-6-12-30(31)34(32)28-17-15-24-8-2-4-10-26(24)21-28/h2-4,6-10,12-14,16,18-22H,5,11,15,17H2,1H3. The van der Waals surface area contributed by atoms with Gasteiger partial charge in [0.15, 0.2) is 0 Å². The molecule has 35 heavy (non-hydrogen) atoms. The molecular formula is C35H28. The van der Waals surface area contributed by atoms with E-state index < -0.39 is 0 Å². The lowest BCUT2D eigenvalue weighted by Gasteiger charge is -2.23. The fourth-order valence-electron chi connectivity index (χ4n) is 6.17. The maximum atomic E-state index is 2.44. The molecule has 0 aromatic heterocycles. The van der Waals surface area contributed by atoms with Crippen LogP contribution >= 0.6 is 0 Å². The smallest absolute Gasteiger partial charge is 0.00262 e. The van der Waals surface area contributed by atoms with Gasteiger partial charge in [-0.2, -0.15) is 0 Å². The van der Waals surface area contributed by atoms with Crippen molar-refractivity contribution in [3.05, 3.63) is 124 Å². The summed E-state index contributed by atoms with van der Waals surface area (Å²) in [6.45, 7) is 2.21. The van der Waals surface area contributed by atoms with E-state index in [-0.39, 0.29) is 0 Å². The molecule has 0 unspecified atom stereocenters. The second-order valence-corrected chi connectivity index (χ2v) is 10.1. The molecule has 0 N–H and O–H groups in total. The van der Waals surface area contributed by atoms with E-state index in [0.717, 1.165) is 25.7 Å². The van der Waals surface area contributed by atoms with Crippen molar-refractivity contribution in [3.63, 3.8) is 0 Å². The second-order valence-electron chi connectivity index (χ2n) is 10.1. The SMILES string of the molecule is Cc1ccc2c(C3=Cc4ccccc4CC3)c3ccccc3c(-c3ccc4c(c3)CCC=C4)c2c1. The Labute approximate surface area is 207 Å². The third-order valence-corrected chi connectivity index (χ3v) is 7.86. The third kappa shape index (κ3) is 3.36. The molecule has 0 spiro atoms. The predicted octanol–water partition coefficient (Wildman–Crippen LogP) is 9.41. The maximum absolute atomic E-state index is 2.44. The molecule has 7 rings (SSSR count). The quantitative estimate of drug-likeness (QED) is 0.236. The van der Waals surface area contributed by atoms with Crippen molar-refractivity contribution < 1.29 is 0 Å². The Balaban J connectivity index is 1.57. The van der Waals surface area contributed by atoms with Gasteiger partial charge in [-0.25, -0.2) is 0 Å². The van der Waals surface area contributed by atoms with Gasteiger partial charge in [-0.05, 0) is 98.7 Å². The summed E-state index contributed by atoms with van der Waals surface area (Å²) in [5.74, 6) is 0. The Kier molecular flexibility index (Phi) is 4.74. The largest absolute Gasteiger partial charge is 0.0836 e. The van der Waals surface area contributed by atoms with Gasteiger partial charge in [0, 0.05) is 0 Å². The number of rotatable bonds is 2. The molecule has 0 bridgehead atoms. The molecule has 0 atom stereocenters. The number of allylic oxidation sites excluding steroid dienone is 2. The lowest BCUT2D eigenvalue weighted by Crippen LogP contribution is -2.01. The molecule has 2 aliphatic carbocycles. The summed E-state index contributed by atoms with van der Waals surface area (Å²) in [4.78, 5) is 0. The Hall–Kier alpha value is -3.90. The van der Waals surface area contributed by atoms with Gasteiger partial charge in [0.2, 0.25) is 0 Å². The normalized spacial score (nSPS) is 14.6. The van der Waals surface area contributed by atoms with Crippen LogP contribution in [0.25, 0.3) is 50.4 Å². The van der Waals surface area contributed by atoms with Crippen molar-refractivity contribution in [2.24, 2.45) is 0 Å². The summed E-state index contributed by atoms with van der Waals surface area (Å²) < 4.78 is 0. The molecule has 5 aromatic rings. The molecule has 5 aromatic carbocycles. The van der Waals surface area contributed by atoms with Gasteiger partial charge in [-0.3, -0.25) is 0 Å². The van der Waals surface area contributed by atoms with Crippen LogP contribution in [0.3, 0.4) is 0 Å². The molecule has 0 saturated heterocycles. The number of hydrogen-bond acceptors (Lipinski definition) is 0. The van der Waals surface area contributed by atoms with Crippen LogP contribution in [-0.2, 0) is 12.8 Å². The van der Waals surface area contributed by atoms with Gasteiger partial charge in [0.25, 0.3) is 0 Å². The zero-order chi connectivity index (χ0) is 23.4. The minimum atomic E-state index is 1.08. The first-order chi connectivity index (χ1) is 17.3. The van der Waals surface area contributed by atoms with Crippen molar-refractivity contribution in [3.8, 4) is 11.1 Å². The summed E-state index contributed by atoms with van der Waals surface area (Å²) in [6, 6.07) is 32.0. The van der Waals surface area contributed by atoms with E-state index in [0.29, 0.717) is 0 Å². The zero-order valence-corrected chi connectivity index (χ0v) is 20.1. The van der Waals surface area contributed by atoms with Gasteiger partial charge in [-0.15, -0.1) is 0 Å². The van der Waals surface area contributed by atoms with E-state index in [2.05, 4.69) is 110 Å². The first-order valence-electron chi connectivity index (χ1n) is 12.8. The molecule has 0 saturated carbocycles. The second kappa shape index (κ2) is 8.10. The molecule has 0 aliphatic heterocycles. The molecule has 168 valence electrons. The van der Waals surface area contributed by atoms with Gasteiger partial charge >= 0.3 is 0 Å². The summed E-state index contributed by atoms with van der Waals surface area (Å²) in [7, 11) is 0. The topological polar surface area (TPSA) is 0 Å². The van der Waals surface area contributed by atoms with E-state index in [1.165, 1.54) is 71.6 Å². The summed E-state index contributed by atoms with van der Waals surface area (Å²) in [6.07, 6.45) is 11.4. The van der Waals surface area contributed by atoms with E-state index >= 15 is 0 Å². The van der Waals surface area contributed by atoms with Crippen LogP contribution in [0, 0.1) is 6.92 Å². The lowest BCUT2D eigenvalue weighted by atomic mass is 9.81. The van der Waals surface area contributed by atoms with Crippen LogP contribution in [0.4, 0.5) is 0 Å². The molecule has 0 fully saturated rings. The van der Waals surface area contributed by atoms with Gasteiger partial charge in [0.05, 0.1) is 0 Å². The highest BCUT2D eigenvalue weighted by molar-refractivity contribution is 6.20. The monoisotopic (exact) mass is 448 g/mol. The fraction of sp³-hybridized carbons (Fsp3) is 0.143. The Morgan fingerprint density at radius 3 is 2.29 bits per heavy atom. The van der Waals surface area contributed by atoms with Crippen molar-refractivity contribution >= 4 is 39.3 Å². The Morgan fingerprint density at radius 2 is 1.37 bits per heavy atom. The summed E-state index contributed by atoms with van der Waals surface area (Å²) >= 11 is 0. The van der Waals surface area contributed by atoms with E-state index in [4.69, 9.17) is 0 Å². The van der Waals surface area contributed by atoms with Crippen LogP contribution in [0.2, 0.25) is 0 Å². The van der Waals surface area contributed by atoms with Crippen molar-refractivity contribution in [2.75, 3.05) is 0 Å². The minimum Gasteiger partial charge on any atom is -0.0836 e. The van der Waals surface area contributed by atoms with Gasteiger partial charge in [0.1, 0.15) is 0 Å². The summed E-state index contributed by atoms with van der Waals surface area (Å²) in [5.41, 5.74) is 12.5. The highest BCUT2D eigenvalue weighted by Crippen LogP contribution is 2.45. The molecule has 2 aliphatic rings. The molecule has 0 heterocycles. The molecule has 0 radical (unpaired) electrons. The third-order valence-electron chi connectivity index (χ3n) is 7.86. The highest BCUT2D eigenvalue weighted by atomic mass is 14.2.